The first kappa shape index (κ1) is 14.6. The first-order chi connectivity index (χ1) is 11.3. The van der Waals surface area contributed by atoms with Gasteiger partial charge in [-0.2, -0.15) is 0 Å². The van der Waals surface area contributed by atoms with Gasteiger partial charge in [-0.1, -0.05) is 6.07 Å². The first-order valence-electron chi connectivity index (χ1n) is 8.63. The van der Waals surface area contributed by atoms with Gasteiger partial charge in [-0.3, -0.25) is 4.79 Å². The van der Waals surface area contributed by atoms with Crippen LogP contribution in [-0.4, -0.2) is 55.1 Å². The van der Waals surface area contributed by atoms with Gasteiger partial charge in [-0.25, -0.2) is 0 Å². The summed E-state index contributed by atoms with van der Waals surface area (Å²) in [4.78, 5) is 20.4. The summed E-state index contributed by atoms with van der Waals surface area (Å²) in [6.07, 6.45) is 3.97. The molecule has 5 heteroatoms. The second-order valence-corrected chi connectivity index (χ2v) is 6.55. The highest BCUT2D eigenvalue weighted by Crippen LogP contribution is 2.27. The number of aromatic amines is 1. The molecule has 23 heavy (non-hydrogen) atoms. The molecule has 0 radical (unpaired) electrons. The van der Waals surface area contributed by atoms with Gasteiger partial charge >= 0.3 is 0 Å². The van der Waals surface area contributed by atoms with Crippen LogP contribution in [0.15, 0.2) is 30.5 Å². The van der Waals surface area contributed by atoms with Gasteiger partial charge in [0, 0.05) is 54.9 Å². The van der Waals surface area contributed by atoms with Crippen LogP contribution in [0.4, 0.5) is 5.69 Å². The lowest BCUT2D eigenvalue weighted by atomic mass is 9.96. The van der Waals surface area contributed by atoms with Crippen molar-refractivity contribution in [2.24, 2.45) is 5.92 Å². The van der Waals surface area contributed by atoms with E-state index in [0.29, 0.717) is 5.91 Å². The number of carbonyl (C=O) groups excluding carboxylic acids is 1. The first-order valence-corrected chi connectivity index (χ1v) is 8.63. The molecular formula is C18H24N4O. The van der Waals surface area contributed by atoms with Crippen molar-refractivity contribution >= 4 is 22.5 Å². The minimum Gasteiger partial charge on any atom is -0.367 e. The molecule has 4 rings (SSSR count). The number of aromatic nitrogens is 1. The molecule has 1 aromatic carbocycles. The zero-order valence-electron chi connectivity index (χ0n) is 13.4. The van der Waals surface area contributed by atoms with E-state index in [4.69, 9.17) is 0 Å². The molecule has 3 heterocycles. The van der Waals surface area contributed by atoms with E-state index >= 15 is 0 Å². The molecule has 0 unspecified atom stereocenters. The summed E-state index contributed by atoms with van der Waals surface area (Å²) in [5.74, 6) is 0.599. The number of nitrogens with one attached hydrogen (secondary N) is 2. The van der Waals surface area contributed by atoms with E-state index in [1.807, 2.05) is 6.20 Å². The van der Waals surface area contributed by atoms with Crippen LogP contribution < -0.4 is 10.2 Å². The van der Waals surface area contributed by atoms with E-state index in [9.17, 15) is 4.79 Å². The maximum atomic E-state index is 12.6. The monoisotopic (exact) mass is 312 g/mol. The zero-order chi connectivity index (χ0) is 15.6. The standard InChI is InChI=1S/C18H24N4O/c23-18(14-4-7-19-8-5-14)22-12-10-21(11-13-22)17-3-1-2-16-15(17)6-9-20-16/h1-3,6,9,14,19-20H,4-5,7-8,10-13H2. The Bertz CT molecular complexity index is 681. The van der Waals surface area contributed by atoms with E-state index in [0.717, 1.165) is 52.1 Å². The Morgan fingerprint density at radius 2 is 1.83 bits per heavy atom. The number of benzene rings is 1. The summed E-state index contributed by atoms with van der Waals surface area (Å²) in [6.45, 7) is 5.47. The molecule has 0 atom stereocenters. The average Bonchev–Trinajstić information content (AvgIpc) is 3.11. The molecule has 0 aliphatic carbocycles. The van der Waals surface area contributed by atoms with Crippen molar-refractivity contribution in [1.82, 2.24) is 15.2 Å². The van der Waals surface area contributed by atoms with Crippen molar-refractivity contribution in [2.45, 2.75) is 12.8 Å². The molecule has 5 nitrogen and oxygen atoms in total. The van der Waals surface area contributed by atoms with E-state index in [1.54, 1.807) is 0 Å². The highest BCUT2D eigenvalue weighted by molar-refractivity contribution is 5.92. The van der Waals surface area contributed by atoms with Crippen molar-refractivity contribution in [3.8, 4) is 0 Å². The minimum absolute atomic E-state index is 0.232. The predicted octanol–water partition coefficient (Wildman–Crippen LogP) is 1.82. The summed E-state index contributed by atoms with van der Waals surface area (Å²) < 4.78 is 0. The molecule has 0 saturated carbocycles. The SMILES string of the molecule is O=C(C1CCNCC1)N1CCN(c2cccc3[nH]ccc23)CC1. The number of H-pyrrole nitrogens is 1. The molecule has 2 saturated heterocycles. The number of piperazine rings is 1. The summed E-state index contributed by atoms with van der Waals surface area (Å²) in [7, 11) is 0. The van der Waals surface area contributed by atoms with Gasteiger partial charge < -0.3 is 20.1 Å². The van der Waals surface area contributed by atoms with Crippen LogP contribution >= 0.6 is 0 Å². The fourth-order valence-corrected chi connectivity index (χ4v) is 3.84. The number of piperidine rings is 1. The second kappa shape index (κ2) is 6.24. The Balaban J connectivity index is 1.42. The number of fused-ring (bicyclic) bond motifs is 1. The largest absolute Gasteiger partial charge is 0.367 e. The maximum absolute atomic E-state index is 12.6. The Kier molecular flexibility index (Phi) is 3.95. The summed E-state index contributed by atoms with van der Waals surface area (Å²) in [6, 6.07) is 8.52. The van der Waals surface area contributed by atoms with E-state index in [1.165, 1.54) is 16.6 Å². The van der Waals surface area contributed by atoms with E-state index in [2.05, 4.69) is 44.4 Å². The van der Waals surface area contributed by atoms with E-state index in [-0.39, 0.29) is 5.92 Å². The van der Waals surface area contributed by atoms with E-state index < -0.39 is 0 Å². The molecular weight excluding hydrogens is 288 g/mol. The van der Waals surface area contributed by atoms with Gasteiger partial charge in [-0.05, 0) is 44.1 Å². The summed E-state index contributed by atoms with van der Waals surface area (Å²) in [5, 5.41) is 4.60. The van der Waals surface area contributed by atoms with Crippen molar-refractivity contribution < 1.29 is 4.79 Å². The van der Waals surface area contributed by atoms with Crippen LogP contribution in [0, 0.1) is 5.92 Å². The number of hydrogen-bond acceptors (Lipinski definition) is 3. The highest BCUT2D eigenvalue weighted by atomic mass is 16.2. The molecule has 2 fully saturated rings. The number of nitrogens with zero attached hydrogens (tertiary/aromatic N) is 2. The zero-order valence-corrected chi connectivity index (χ0v) is 13.4. The van der Waals surface area contributed by atoms with Gasteiger partial charge in [0.15, 0.2) is 0 Å². The number of rotatable bonds is 2. The quantitative estimate of drug-likeness (QED) is 0.889. The smallest absolute Gasteiger partial charge is 0.225 e. The molecule has 2 aromatic rings. The number of amides is 1. The predicted molar refractivity (Wildman–Crippen MR) is 92.7 cm³/mol. The van der Waals surface area contributed by atoms with Crippen LogP contribution in [0.25, 0.3) is 10.9 Å². The Hall–Kier alpha value is -2.01. The topological polar surface area (TPSA) is 51.4 Å². The van der Waals surface area contributed by atoms with Gasteiger partial charge in [-0.15, -0.1) is 0 Å². The normalized spacial score (nSPS) is 20.2. The second-order valence-electron chi connectivity index (χ2n) is 6.55. The molecule has 0 bridgehead atoms. The molecule has 1 aromatic heterocycles. The van der Waals surface area contributed by atoms with Gasteiger partial charge in [0.05, 0.1) is 0 Å². The lowest BCUT2D eigenvalue weighted by molar-refractivity contribution is -0.136. The Morgan fingerprint density at radius 3 is 2.61 bits per heavy atom. The fourth-order valence-electron chi connectivity index (χ4n) is 3.84. The van der Waals surface area contributed by atoms with Crippen LogP contribution in [0.1, 0.15) is 12.8 Å². The van der Waals surface area contributed by atoms with Crippen LogP contribution in [0.5, 0.6) is 0 Å². The average molecular weight is 312 g/mol. The molecule has 2 aliphatic heterocycles. The third-order valence-corrected chi connectivity index (χ3v) is 5.19. The molecule has 122 valence electrons. The fraction of sp³-hybridized carbons (Fsp3) is 0.500. The third-order valence-electron chi connectivity index (χ3n) is 5.19. The minimum atomic E-state index is 0.232. The lowest BCUT2D eigenvalue weighted by Gasteiger charge is -2.38. The molecule has 0 spiro atoms. The highest BCUT2D eigenvalue weighted by Gasteiger charge is 2.28. The number of hydrogen-bond donors (Lipinski definition) is 2. The number of carbonyl (C=O) groups is 1. The van der Waals surface area contributed by atoms with Crippen molar-refractivity contribution in [1.29, 1.82) is 0 Å². The van der Waals surface area contributed by atoms with Crippen LogP contribution in [-0.2, 0) is 4.79 Å². The maximum Gasteiger partial charge on any atom is 0.225 e. The number of anilines is 1. The molecule has 2 N–H and O–H groups in total. The van der Waals surface area contributed by atoms with Gasteiger partial charge in [0.25, 0.3) is 0 Å². The van der Waals surface area contributed by atoms with Gasteiger partial charge in [0.1, 0.15) is 0 Å². The molecule has 2 aliphatic rings. The van der Waals surface area contributed by atoms with Crippen LogP contribution in [0.3, 0.4) is 0 Å². The van der Waals surface area contributed by atoms with Crippen molar-refractivity contribution in [2.75, 3.05) is 44.2 Å². The van der Waals surface area contributed by atoms with Crippen LogP contribution in [0.2, 0.25) is 0 Å². The lowest BCUT2D eigenvalue weighted by Crippen LogP contribution is -2.51. The van der Waals surface area contributed by atoms with Crippen molar-refractivity contribution in [3.63, 3.8) is 0 Å². The summed E-state index contributed by atoms with van der Waals surface area (Å²) >= 11 is 0. The molecule has 1 amide bonds. The van der Waals surface area contributed by atoms with Gasteiger partial charge in [0.2, 0.25) is 5.91 Å². The van der Waals surface area contributed by atoms with Crippen molar-refractivity contribution in [3.05, 3.63) is 30.5 Å². The Labute approximate surface area is 136 Å². The third kappa shape index (κ3) is 2.81. The summed E-state index contributed by atoms with van der Waals surface area (Å²) in [5.41, 5.74) is 2.45. The Morgan fingerprint density at radius 1 is 1.04 bits per heavy atom.